The third-order valence-electron chi connectivity index (χ3n) is 2.92. The minimum absolute atomic E-state index is 0.0354. The van der Waals surface area contributed by atoms with Gasteiger partial charge in [0, 0.05) is 6.04 Å². The van der Waals surface area contributed by atoms with Crippen LogP contribution < -0.4 is 10.5 Å². The highest BCUT2D eigenvalue weighted by Crippen LogP contribution is 2.21. The van der Waals surface area contributed by atoms with E-state index in [2.05, 4.69) is 0 Å². The Bertz CT molecular complexity index is 354. The molecule has 0 saturated heterocycles. The average molecular weight is 239 g/mol. The van der Waals surface area contributed by atoms with E-state index in [0.29, 0.717) is 12.2 Å². The Morgan fingerprint density at radius 3 is 2.53 bits per heavy atom. The maximum absolute atomic E-state index is 13.7. The molecule has 0 heterocycles. The van der Waals surface area contributed by atoms with Crippen LogP contribution in [0.4, 0.5) is 4.39 Å². The van der Waals surface area contributed by atoms with Gasteiger partial charge in [0.25, 0.3) is 0 Å². The third-order valence-corrected chi connectivity index (χ3v) is 2.92. The zero-order chi connectivity index (χ0) is 12.8. The van der Waals surface area contributed by atoms with Crippen LogP contribution in [0.15, 0.2) is 18.2 Å². The molecule has 0 spiro atoms. The fourth-order valence-electron chi connectivity index (χ4n) is 1.51. The van der Waals surface area contributed by atoms with Gasteiger partial charge in [0.05, 0.1) is 6.10 Å². The molecule has 17 heavy (non-hydrogen) atoms. The van der Waals surface area contributed by atoms with Gasteiger partial charge in [-0.05, 0) is 43.9 Å². The van der Waals surface area contributed by atoms with Crippen molar-refractivity contribution in [2.45, 2.75) is 52.2 Å². The Labute approximate surface area is 103 Å². The number of hydrogen-bond acceptors (Lipinski definition) is 2. The van der Waals surface area contributed by atoms with E-state index in [9.17, 15) is 4.39 Å². The summed E-state index contributed by atoms with van der Waals surface area (Å²) in [6.07, 6.45) is 2.50. The van der Waals surface area contributed by atoms with E-state index in [-0.39, 0.29) is 18.0 Å². The molecule has 1 aromatic rings. The summed E-state index contributed by atoms with van der Waals surface area (Å²) >= 11 is 0. The van der Waals surface area contributed by atoms with Crippen LogP contribution in [0.3, 0.4) is 0 Å². The number of halogens is 1. The molecule has 0 aromatic heterocycles. The molecule has 0 aliphatic rings. The number of benzene rings is 1. The van der Waals surface area contributed by atoms with Crippen LogP contribution in [0.1, 0.15) is 39.2 Å². The van der Waals surface area contributed by atoms with E-state index < -0.39 is 0 Å². The van der Waals surface area contributed by atoms with Gasteiger partial charge in [-0.2, -0.15) is 0 Å². The first-order valence-corrected chi connectivity index (χ1v) is 6.27. The zero-order valence-electron chi connectivity index (χ0n) is 10.9. The molecule has 2 N–H and O–H groups in total. The minimum atomic E-state index is -0.300. The molecule has 1 rings (SSSR count). The highest BCUT2D eigenvalue weighted by atomic mass is 19.1. The monoisotopic (exact) mass is 239 g/mol. The van der Waals surface area contributed by atoms with Gasteiger partial charge in [-0.3, -0.25) is 0 Å². The highest BCUT2D eigenvalue weighted by molar-refractivity contribution is 5.30. The quantitative estimate of drug-likeness (QED) is 0.826. The minimum Gasteiger partial charge on any atom is -0.488 e. The van der Waals surface area contributed by atoms with E-state index in [1.54, 1.807) is 6.07 Å². The van der Waals surface area contributed by atoms with Crippen molar-refractivity contribution in [2.24, 2.45) is 5.73 Å². The van der Waals surface area contributed by atoms with Gasteiger partial charge in [-0.25, -0.2) is 4.39 Å². The van der Waals surface area contributed by atoms with Crippen molar-refractivity contribution in [3.8, 4) is 5.75 Å². The summed E-state index contributed by atoms with van der Waals surface area (Å²) < 4.78 is 19.2. The lowest BCUT2D eigenvalue weighted by molar-refractivity contribution is 0.207. The predicted molar refractivity (Wildman–Crippen MR) is 68.8 cm³/mol. The standard InChI is InChI=1S/C14H22FNO/c1-4-10(3)17-14-7-6-11(9-13(14)15)8-12(16)5-2/h6-7,9-10,12H,4-5,8,16H2,1-3H3. The predicted octanol–water partition coefficient (Wildman–Crippen LogP) is 3.28. The lowest BCUT2D eigenvalue weighted by atomic mass is 10.0. The first-order chi connectivity index (χ1) is 8.06. The lowest BCUT2D eigenvalue weighted by Crippen LogP contribution is -2.21. The van der Waals surface area contributed by atoms with Gasteiger partial charge in [-0.1, -0.05) is 19.9 Å². The summed E-state index contributed by atoms with van der Waals surface area (Å²) in [5.41, 5.74) is 6.77. The fraction of sp³-hybridized carbons (Fsp3) is 0.571. The van der Waals surface area contributed by atoms with Crippen LogP contribution in [0.2, 0.25) is 0 Å². The molecule has 2 unspecified atom stereocenters. The van der Waals surface area contributed by atoms with Crippen molar-refractivity contribution in [1.82, 2.24) is 0 Å². The average Bonchev–Trinajstić information content (AvgIpc) is 2.32. The lowest BCUT2D eigenvalue weighted by Gasteiger charge is -2.14. The number of hydrogen-bond donors (Lipinski definition) is 1. The molecule has 3 heteroatoms. The van der Waals surface area contributed by atoms with Crippen LogP contribution in [0.25, 0.3) is 0 Å². The van der Waals surface area contributed by atoms with Crippen LogP contribution in [0.5, 0.6) is 5.75 Å². The topological polar surface area (TPSA) is 35.2 Å². The number of rotatable bonds is 6. The largest absolute Gasteiger partial charge is 0.488 e. The number of nitrogens with two attached hydrogens (primary N) is 1. The molecule has 0 radical (unpaired) electrons. The first kappa shape index (κ1) is 14.0. The van der Waals surface area contributed by atoms with Gasteiger partial charge in [0.15, 0.2) is 11.6 Å². The fourth-order valence-corrected chi connectivity index (χ4v) is 1.51. The van der Waals surface area contributed by atoms with Gasteiger partial charge in [0.1, 0.15) is 0 Å². The van der Waals surface area contributed by atoms with Crippen LogP contribution >= 0.6 is 0 Å². The maximum atomic E-state index is 13.7. The molecular formula is C14H22FNO. The van der Waals surface area contributed by atoms with Crippen molar-refractivity contribution < 1.29 is 9.13 Å². The van der Waals surface area contributed by atoms with Gasteiger partial charge in [-0.15, -0.1) is 0 Å². The second-order valence-corrected chi connectivity index (χ2v) is 4.47. The smallest absolute Gasteiger partial charge is 0.165 e. The Morgan fingerprint density at radius 2 is 2.00 bits per heavy atom. The van der Waals surface area contributed by atoms with E-state index in [1.807, 2.05) is 26.8 Å². The molecule has 2 atom stereocenters. The third kappa shape index (κ3) is 4.35. The summed E-state index contributed by atoms with van der Waals surface area (Å²) in [6, 6.07) is 5.19. The van der Waals surface area contributed by atoms with E-state index in [0.717, 1.165) is 18.4 Å². The van der Waals surface area contributed by atoms with Crippen molar-refractivity contribution in [1.29, 1.82) is 0 Å². The van der Waals surface area contributed by atoms with Gasteiger partial charge < -0.3 is 10.5 Å². The number of ether oxygens (including phenoxy) is 1. The Kier molecular flexibility index (Phi) is 5.42. The molecule has 1 aromatic carbocycles. The Balaban J connectivity index is 2.72. The molecule has 96 valence electrons. The van der Waals surface area contributed by atoms with Crippen molar-refractivity contribution in [3.05, 3.63) is 29.6 Å². The molecular weight excluding hydrogens is 217 g/mol. The van der Waals surface area contributed by atoms with Crippen LogP contribution in [-0.2, 0) is 6.42 Å². The summed E-state index contributed by atoms with van der Waals surface area (Å²) in [4.78, 5) is 0. The SMILES string of the molecule is CCC(N)Cc1ccc(OC(C)CC)c(F)c1. The molecule has 0 aliphatic heterocycles. The second kappa shape index (κ2) is 6.60. The Morgan fingerprint density at radius 1 is 1.29 bits per heavy atom. The van der Waals surface area contributed by atoms with E-state index in [1.165, 1.54) is 6.07 Å². The van der Waals surface area contributed by atoms with Gasteiger partial charge in [0.2, 0.25) is 0 Å². The van der Waals surface area contributed by atoms with E-state index in [4.69, 9.17) is 10.5 Å². The van der Waals surface area contributed by atoms with Crippen molar-refractivity contribution in [2.75, 3.05) is 0 Å². The molecule has 0 amide bonds. The zero-order valence-corrected chi connectivity index (χ0v) is 10.9. The summed E-state index contributed by atoms with van der Waals surface area (Å²) in [5, 5.41) is 0. The van der Waals surface area contributed by atoms with Crippen molar-refractivity contribution >= 4 is 0 Å². The van der Waals surface area contributed by atoms with Crippen LogP contribution in [0, 0.1) is 5.82 Å². The van der Waals surface area contributed by atoms with E-state index >= 15 is 0 Å². The first-order valence-electron chi connectivity index (χ1n) is 6.27. The molecule has 0 saturated carbocycles. The summed E-state index contributed by atoms with van der Waals surface area (Å²) in [5.74, 6) is 0.0271. The van der Waals surface area contributed by atoms with Crippen molar-refractivity contribution in [3.63, 3.8) is 0 Å². The van der Waals surface area contributed by atoms with Crippen LogP contribution in [-0.4, -0.2) is 12.1 Å². The normalized spacial score (nSPS) is 14.4. The summed E-state index contributed by atoms with van der Waals surface area (Å²) in [7, 11) is 0. The van der Waals surface area contributed by atoms with Gasteiger partial charge >= 0.3 is 0 Å². The molecule has 0 bridgehead atoms. The molecule has 0 aliphatic carbocycles. The molecule has 0 fully saturated rings. The summed E-state index contributed by atoms with van der Waals surface area (Å²) in [6.45, 7) is 5.97. The Hall–Kier alpha value is -1.09. The highest BCUT2D eigenvalue weighted by Gasteiger charge is 2.09. The maximum Gasteiger partial charge on any atom is 0.165 e. The molecule has 2 nitrogen and oxygen atoms in total. The second-order valence-electron chi connectivity index (χ2n) is 4.47.